The van der Waals surface area contributed by atoms with Crippen LogP contribution < -0.4 is 21.3 Å². The predicted octanol–water partition coefficient (Wildman–Crippen LogP) is 2.60. The number of carbonyl (C=O) groups excluding carboxylic acids is 2. The Hall–Kier alpha value is -2.71. The number of nitrogens with zero attached hydrogens (tertiary/aromatic N) is 3. The fourth-order valence-corrected chi connectivity index (χ4v) is 3.85. The van der Waals surface area contributed by atoms with Gasteiger partial charge in [0.05, 0.1) is 0 Å². The molecule has 1 aliphatic carbocycles. The van der Waals surface area contributed by atoms with Crippen molar-refractivity contribution in [3.05, 3.63) is 11.8 Å². The number of aliphatic imine (C=N–C) groups is 1. The maximum absolute atomic E-state index is 12.4. The molecule has 3 rings (SSSR count). The van der Waals surface area contributed by atoms with Crippen LogP contribution in [0.2, 0.25) is 0 Å². The van der Waals surface area contributed by atoms with Gasteiger partial charge in [0.25, 0.3) is 0 Å². The van der Waals surface area contributed by atoms with E-state index in [1.807, 2.05) is 13.0 Å². The van der Waals surface area contributed by atoms with E-state index in [0.717, 1.165) is 31.4 Å². The summed E-state index contributed by atoms with van der Waals surface area (Å²) in [7, 11) is 0. The maximum Gasteiger partial charge on any atom is 0.323 e. The average Bonchev–Trinajstić information content (AvgIpc) is 2.67. The Kier molecular flexibility index (Phi) is 7.37. The molecule has 9 nitrogen and oxygen atoms in total. The van der Waals surface area contributed by atoms with Crippen LogP contribution >= 0.6 is 0 Å². The number of hydrogen-bond acceptors (Lipinski definition) is 6. The van der Waals surface area contributed by atoms with Crippen molar-refractivity contribution in [2.75, 3.05) is 23.7 Å². The van der Waals surface area contributed by atoms with Gasteiger partial charge >= 0.3 is 6.03 Å². The molecule has 2 heterocycles. The molecule has 0 aromatic carbocycles. The van der Waals surface area contributed by atoms with Gasteiger partial charge < -0.3 is 16.0 Å². The molecular formula is C20H31N7O2. The Morgan fingerprint density at radius 2 is 2.00 bits per heavy atom. The summed E-state index contributed by atoms with van der Waals surface area (Å²) in [5.41, 5.74) is 2.02. The summed E-state index contributed by atoms with van der Waals surface area (Å²) >= 11 is 0. The molecule has 29 heavy (non-hydrogen) atoms. The van der Waals surface area contributed by atoms with E-state index in [4.69, 9.17) is 4.99 Å². The molecule has 3 amide bonds. The second-order valence-electron chi connectivity index (χ2n) is 7.74. The normalized spacial score (nSPS) is 20.8. The van der Waals surface area contributed by atoms with Gasteiger partial charge in [-0.1, -0.05) is 6.42 Å². The van der Waals surface area contributed by atoms with Crippen LogP contribution in [-0.2, 0) is 4.79 Å². The highest BCUT2D eigenvalue weighted by Crippen LogP contribution is 2.30. The van der Waals surface area contributed by atoms with Crippen molar-refractivity contribution in [2.45, 2.75) is 65.0 Å². The summed E-state index contributed by atoms with van der Waals surface area (Å²) in [4.78, 5) is 36.7. The number of urea groups is 1. The largest absolute Gasteiger partial charge is 0.370 e. The first kappa shape index (κ1) is 21.0. The molecule has 0 spiro atoms. The molecule has 1 fully saturated rings. The lowest BCUT2D eigenvalue weighted by atomic mass is 9.82. The van der Waals surface area contributed by atoms with Crippen LogP contribution in [0.25, 0.3) is 0 Å². The molecule has 2 atom stereocenters. The number of aromatic nitrogens is 2. The van der Waals surface area contributed by atoms with E-state index >= 15 is 0 Å². The minimum atomic E-state index is -0.337. The van der Waals surface area contributed by atoms with Gasteiger partial charge in [0.1, 0.15) is 12.0 Å². The van der Waals surface area contributed by atoms with Crippen molar-refractivity contribution < 1.29 is 9.59 Å². The fourth-order valence-electron chi connectivity index (χ4n) is 3.85. The zero-order valence-corrected chi connectivity index (χ0v) is 17.3. The second kappa shape index (κ2) is 10.2. The zero-order chi connectivity index (χ0) is 20.6. The standard InChI is InChI=1S/C20H31N7O2/c1-13-12-18(22-11-5-10-21-14(2)28)25-19(23-13)27-20(29)26-17-9-8-15-6-3-4-7-16(15)24-17/h12,15,17H,3-11H2,1-2H3,(H,21,28)(H3,22,23,25,26,27,29). The van der Waals surface area contributed by atoms with Gasteiger partial charge in [-0.05, 0) is 51.4 Å². The molecule has 2 unspecified atom stereocenters. The molecular weight excluding hydrogens is 370 g/mol. The third kappa shape index (κ3) is 6.69. The van der Waals surface area contributed by atoms with Crippen molar-refractivity contribution in [1.82, 2.24) is 20.6 Å². The average molecular weight is 402 g/mol. The summed E-state index contributed by atoms with van der Waals surface area (Å²) in [6.45, 7) is 4.61. The van der Waals surface area contributed by atoms with Crippen molar-refractivity contribution in [3.8, 4) is 0 Å². The molecule has 9 heteroatoms. The molecule has 4 N–H and O–H groups in total. The smallest absolute Gasteiger partial charge is 0.323 e. The minimum absolute atomic E-state index is 0.0394. The highest BCUT2D eigenvalue weighted by atomic mass is 16.2. The summed E-state index contributed by atoms with van der Waals surface area (Å²) in [5, 5.41) is 11.6. The molecule has 2 aliphatic rings. The molecule has 0 bridgehead atoms. The van der Waals surface area contributed by atoms with E-state index in [-0.39, 0.29) is 24.1 Å². The Balaban J connectivity index is 1.49. The Morgan fingerprint density at radius 3 is 2.83 bits per heavy atom. The van der Waals surface area contributed by atoms with Crippen molar-refractivity contribution in [2.24, 2.45) is 10.9 Å². The van der Waals surface area contributed by atoms with Crippen LogP contribution in [0.4, 0.5) is 16.6 Å². The third-order valence-electron chi connectivity index (χ3n) is 5.23. The first-order chi connectivity index (χ1) is 14.0. The topological polar surface area (TPSA) is 120 Å². The van der Waals surface area contributed by atoms with Gasteiger partial charge in [-0.2, -0.15) is 4.98 Å². The summed E-state index contributed by atoms with van der Waals surface area (Å²) < 4.78 is 0. The maximum atomic E-state index is 12.4. The van der Waals surface area contributed by atoms with Crippen LogP contribution in [0, 0.1) is 12.8 Å². The number of rotatable bonds is 7. The SMILES string of the molecule is CC(=O)NCCCNc1cc(C)nc(NC(=O)NC2CCC3CCCCC3=N2)n1. The van der Waals surface area contributed by atoms with Gasteiger partial charge in [-0.3, -0.25) is 15.1 Å². The first-order valence-electron chi connectivity index (χ1n) is 10.5. The highest BCUT2D eigenvalue weighted by Gasteiger charge is 2.27. The van der Waals surface area contributed by atoms with Crippen LogP contribution in [0.15, 0.2) is 11.1 Å². The van der Waals surface area contributed by atoms with E-state index in [1.54, 1.807) is 0 Å². The number of fused-ring (bicyclic) bond motifs is 1. The predicted molar refractivity (Wildman–Crippen MR) is 113 cm³/mol. The number of aryl methyl sites for hydroxylation is 1. The van der Waals surface area contributed by atoms with E-state index in [1.165, 1.54) is 31.9 Å². The number of nitrogens with one attached hydrogen (secondary N) is 4. The number of anilines is 2. The van der Waals surface area contributed by atoms with Crippen molar-refractivity contribution >= 4 is 29.4 Å². The van der Waals surface area contributed by atoms with E-state index in [0.29, 0.717) is 24.8 Å². The van der Waals surface area contributed by atoms with Gasteiger partial charge in [-0.25, -0.2) is 9.78 Å². The lowest BCUT2D eigenvalue weighted by Gasteiger charge is -2.31. The molecule has 0 saturated heterocycles. The number of amides is 3. The molecule has 0 radical (unpaired) electrons. The summed E-state index contributed by atoms with van der Waals surface area (Å²) in [6, 6.07) is 1.48. The molecule has 1 aliphatic heterocycles. The zero-order valence-electron chi connectivity index (χ0n) is 17.3. The summed E-state index contributed by atoms with van der Waals surface area (Å²) in [6.07, 6.45) is 7.35. The first-order valence-corrected chi connectivity index (χ1v) is 10.5. The van der Waals surface area contributed by atoms with E-state index in [2.05, 4.69) is 31.2 Å². The lowest BCUT2D eigenvalue weighted by molar-refractivity contribution is -0.118. The lowest BCUT2D eigenvalue weighted by Crippen LogP contribution is -2.41. The van der Waals surface area contributed by atoms with Crippen molar-refractivity contribution in [3.63, 3.8) is 0 Å². The Bertz CT molecular complexity index is 765. The molecule has 158 valence electrons. The van der Waals surface area contributed by atoms with Crippen LogP contribution in [-0.4, -0.2) is 46.9 Å². The van der Waals surface area contributed by atoms with Crippen molar-refractivity contribution in [1.29, 1.82) is 0 Å². The minimum Gasteiger partial charge on any atom is -0.370 e. The quantitative estimate of drug-likeness (QED) is 0.524. The molecule has 1 saturated carbocycles. The van der Waals surface area contributed by atoms with Crippen LogP contribution in [0.5, 0.6) is 0 Å². The fraction of sp³-hybridized carbons (Fsp3) is 0.650. The Morgan fingerprint density at radius 1 is 1.14 bits per heavy atom. The van der Waals surface area contributed by atoms with Gasteiger partial charge in [0, 0.05) is 37.5 Å². The van der Waals surface area contributed by atoms with Crippen LogP contribution in [0.1, 0.15) is 57.6 Å². The van der Waals surface area contributed by atoms with E-state index < -0.39 is 0 Å². The van der Waals surface area contributed by atoms with Gasteiger partial charge in [-0.15, -0.1) is 0 Å². The summed E-state index contributed by atoms with van der Waals surface area (Å²) in [5.74, 6) is 1.47. The number of hydrogen-bond donors (Lipinski definition) is 4. The second-order valence-corrected chi connectivity index (χ2v) is 7.74. The Labute approximate surface area is 171 Å². The van der Waals surface area contributed by atoms with Crippen LogP contribution in [0.3, 0.4) is 0 Å². The van der Waals surface area contributed by atoms with E-state index in [9.17, 15) is 9.59 Å². The molecule has 1 aromatic rings. The van der Waals surface area contributed by atoms with Gasteiger partial charge in [0.15, 0.2) is 0 Å². The highest BCUT2D eigenvalue weighted by molar-refractivity contribution is 5.90. The molecule has 1 aromatic heterocycles. The third-order valence-corrected chi connectivity index (χ3v) is 5.23. The van der Waals surface area contributed by atoms with Gasteiger partial charge in [0.2, 0.25) is 11.9 Å². The number of carbonyl (C=O) groups is 2. The monoisotopic (exact) mass is 401 g/mol.